The summed E-state index contributed by atoms with van der Waals surface area (Å²) in [6.07, 6.45) is 0. The molecule has 2 N–H and O–H groups in total. The second-order valence-electron chi connectivity index (χ2n) is 6.44. The van der Waals surface area contributed by atoms with E-state index in [1.54, 1.807) is 0 Å². The van der Waals surface area contributed by atoms with Gasteiger partial charge < -0.3 is 10.6 Å². The summed E-state index contributed by atoms with van der Waals surface area (Å²) >= 11 is 5.04. The van der Waals surface area contributed by atoms with Crippen molar-refractivity contribution in [3.05, 3.63) is 34.9 Å². The van der Waals surface area contributed by atoms with Crippen LogP contribution in [-0.2, 0) is 6.54 Å². The fourth-order valence-electron chi connectivity index (χ4n) is 2.36. The van der Waals surface area contributed by atoms with Gasteiger partial charge in [0.1, 0.15) is 4.99 Å². The topological polar surface area (TPSA) is 32.5 Å². The van der Waals surface area contributed by atoms with Gasteiger partial charge in [0.15, 0.2) is 0 Å². The number of aryl methyl sites for hydroxylation is 1. The summed E-state index contributed by atoms with van der Waals surface area (Å²) < 4.78 is 0. The zero-order valence-corrected chi connectivity index (χ0v) is 14.8. The normalized spacial score (nSPS) is 11.6. The van der Waals surface area contributed by atoms with Crippen LogP contribution in [0.3, 0.4) is 0 Å². The van der Waals surface area contributed by atoms with E-state index in [0.29, 0.717) is 10.9 Å². The molecule has 1 rings (SSSR count). The third-order valence-electron chi connectivity index (χ3n) is 3.51. The minimum absolute atomic E-state index is 0.469. The van der Waals surface area contributed by atoms with E-state index in [0.717, 1.165) is 31.7 Å². The Morgan fingerprint density at radius 3 is 2.38 bits per heavy atom. The van der Waals surface area contributed by atoms with E-state index in [2.05, 4.69) is 56.8 Å². The van der Waals surface area contributed by atoms with Gasteiger partial charge in [-0.15, -0.1) is 0 Å². The minimum Gasteiger partial charge on any atom is -0.389 e. The second-order valence-corrected chi connectivity index (χ2v) is 6.88. The van der Waals surface area contributed by atoms with Gasteiger partial charge in [-0.05, 0) is 44.1 Å². The first-order valence-electron chi connectivity index (χ1n) is 7.56. The molecule has 0 atom stereocenters. The van der Waals surface area contributed by atoms with Crippen LogP contribution in [0.25, 0.3) is 0 Å². The van der Waals surface area contributed by atoms with Crippen LogP contribution in [0.15, 0.2) is 18.2 Å². The van der Waals surface area contributed by atoms with Crippen molar-refractivity contribution in [1.82, 2.24) is 9.80 Å². The number of rotatable bonds is 8. The van der Waals surface area contributed by atoms with Crippen LogP contribution in [0, 0.1) is 12.8 Å². The average Bonchev–Trinajstić information content (AvgIpc) is 2.37. The summed E-state index contributed by atoms with van der Waals surface area (Å²) in [4.78, 5) is 5.22. The van der Waals surface area contributed by atoms with Gasteiger partial charge in [-0.2, -0.15) is 0 Å². The van der Waals surface area contributed by atoms with Gasteiger partial charge in [-0.25, -0.2) is 0 Å². The van der Waals surface area contributed by atoms with Crippen LogP contribution in [0.1, 0.15) is 30.5 Å². The molecule has 0 saturated carbocycles. The third-order valence-corrected chi connectivity index (χ3v) is 3.74. The van der Waals surface area contributed by atoms with E-state index in [-0.39, 0.29) is 0 Å². The van der Waals surface area contributed by atoms with Crippen LogP contribution in [0.2, 0.25) is 0 Å². The Morgan fingerprint density at radius 1 is 1.24 bits per heavy atom. The van der Waals surface area contributed by atoms with Crippen molar-refractivity contribution >= 4 is 17.2 Å². The van der Waals surface area contributed by atoms with Gasteiger partial charge in [0.25, 0.3) is 0 Å². The first-order valence-corrected chi connectivity index (χ1v) is 7.96. The average molecular weight is 308 g/mol. The van der Waals surface area contributed by atoms with Crippen molar-refractivity contribution < 1.29 is 0 Å². The van der Waals surface area contributed by atoms with Crippen LogP contribution in [0.5, 0.6) is 0 Å². The predicted molar refractivity (Wildman–Crippen MR) is 95.7 cm³/mol. The van der Waals surface area contributed by atoms with Crippen molar-refractivity contribution in [2.24, 2.45) is 11.7 Å². The molecule has 0 aliphatic heterocycles. The van der Waals surface area contributed by atoms with Gasteiger partial charge in [0, 0.05) is 31.7 Å². The Balaban J connectivity index is 2.79. The van der Waals surface area contributed by atoms with Gasteiger partial charge in [0.2, 0.25) is 0 Å². The zero-order valence-electron chi connectivity index (χ0n) is 14.0. The van der Waals surface area contributed by atoms with Crippen LogP contribution < -0.4 is 5.73 Å². The van der Waals surface area contributed by atoms with Crippen LogP contribution in [-0.4, -0.2) is 48.5 Å². The zero-order chi connectivity index (χ0) is 16.0. The van der Waals surface area contributed by atoms with Crippen LogP contribution in [0.4, 0.5) is 0 Å². The van der Waals surface area contributed by atoms with Crippen molar-refractivity contribution in [3.63, 3.8) is 0 Å². The number of hydrogen-bond donors (Lipinski definition) is 1. The molecule has 118 valence electrons. The fourth-order valence-corrected chi connectivity index (χ4v) is 2.49. The molecule has 4 heteroatoms. The standard InChI is InChI=1S/C17H29N3S/c1-13(2)11-20(9-8-19(4)5)12-16-7-6-15(17(18)21)10-14(16)3/h6-7,10,13H,8-9,11-12H2,1-5H3,(H2,18,21). The van der Waals surface area contributed by atoms with Crippen molar-refractivity contribution in [2.75, 3.05) is 33.7 Å². The van der Waals surface area contributed by atoms with E-state index in [1.807, 2.05) is 6.07 Å². The number of thiocarbonyl (C=S) groups is 1. The molecule has 0 aliphatic rings. The lowest BCUT2D eigenvalue weighted by Gasteiger charge is -2.26. The lowest BCUT2D eigenvalue weighted by Crippen LogP contribution is -2.34. The van der Waals surface area contributed by atoms with Crippen molar-refractivity contribution in [2.45, 2.75) is 27.3 Å². The summed E-state index contributed by atoms with van der Waals surface area (Å²) in [5.74, 6) is 0.670. The number of nitrogens with zero attached hydrogens (tertiary/aromatic N) is 2. The first-order chi connectivity index (χ1) is 9.79. The lowest BCUT2D eigenvalue weighted by molar-refractivity contribution is 0.211. The maximum Gasteiger partial charge on any atom is 0.103 e. The van der Waals surface area contributed by atoms with E-state index in [9.17, 15) is 0 Å². The Bertz CT molecular complexity index is 469. The highest BCUT2D eigenvalue weighted by molar-refractivity contribution is 7.80. The Labute approximate surface area is 135 Å². The molecule has 0 heterocycles. The summed E-state index contributed by atoms with van der Waals surface area (Å²) in [5.41, 5.74) is 9.27. The largest absolute Gasteiger partial charge is 0.389 e. The number of benzene rings is 1. The molecule has 0 unspecified atom stereocenters. The first kappa shape index (κ1) is 18.1. The highest BCUT2D eigenvalue weighted by Gasteiger charge is 2.11. The van der Waals surface area contributed by atoms with Gasteiger partial charge in [0.05, 0.1) is 0 Å². The fraction of sp³-hybridized carbons (Fsp3) is 0.588. The smallest absolute Gasteiger partial charge is 0.103 e. The van der Waals surface area contributed by atoms with E-state index >= 15 is 0 Å². The van der Waals surface area contributed by atoms with Gasteiger partial charge in [-0.1, -0.05) is 38.2 Å². The van der Waals surface area contributed by atoms with Crippen molar-refractivity contribution in [1.29, 1.82) is 0 Å². The molecule has 0 saturated heterocycles. The van der Waals surface area contributed by atoms with E-state index < -0.39 is 0 Å². The summed E-state index contributed by atoms with van der Waals surface area (Å²) in [5, 5.41) is 0. The monoisotopic (exact) mass is 307 g/mol. The van der Waals surface area contributed by atoms with E-state index in [4.69, 9.17) is 18.0 Å². The van der Waals surface area contributed by atoms with Crippen LogP contribution >= 0.6 is 12.2 Å². The highest BCUT2D eigenvalue weighted by Crippen LogP contribution is 2.14. The lowest BCUT2D eigenvalue weighted by atomic mass is 10.0. The molecule has 0 fully saturated rings. The molecule has 0 bridgehead atoms. The summed E-state index contributed by atoms with van der Waals surface area (Å²) in [6.45, 7) is 10.9. The van der Waals surface area contributed by atoms with E-state index in [1.165, 1.54) is 11.1 Å². The second kappa shape index (κ2) is 8.47. The maximum absolute atomic E-state index is 5.70. The van der Waals surface area contributed by atoms with Crippen molar-refractivity contribution in [3.8, 4) is 0 Å². The number of hydrogen-bond acceptors (Lipinski definition) is 3. The van der Waals surface area contributed by atoms with Gasteiger partial charge in [-0.3, -0.25) is 4.90 Å². The molecule has 0 amide bonds. The quantitative estimate of drug-likeness (QED) is 0.749. The number of nitrogens with two attached hydrogens (primary N) is 1. The third kappa shape index (κ3) is 6.55. The molecule has 1 aromatic rings. The molecule has 0 radical (unpaired) electrons. The minimum atomic E-state index is 0.469. The summed E-state index contributed by atoms with van der Waals surface area (Å²) in [7, 11) is 4.24. The highest BCUT2D eigenvalue weighted by atomic mass is 32.1. The SMILES string of the molecule is Cc1cc(C(N)=S)ccc1CN(CCN(C)C)CC(C)C. The Morgan fingerprint density at radius 2 is 1.90 bits per heavy atom. The molecule has 0 spiro atoms. The molecule has 21 heavy (non-hydrogen) atoms. The Kier molecular flexibility index (Phi) is 7.29. The molecule has 1 aromatic carbocycles. The summed E-state index contributed by atoms with van der Waals surface area (Å²) in [6, 6.07) is 6.29. The maximum atomic E-state index is 5.70. The molecular weight excluding hydrogens is 278 g/mol. The molecule has 0 aromatic heterocycles. The Hall–Kier alpha value is -0.970. The molecule has 0 aliphatic carbocycles. The van der Waals surface area contributed by atoms with Gasteiger partial charge >= 0.3 is 0 Å². The molecular formula is C17H29N3S. The number of likely N-dealkylation sites (N-methyl/N-ethyl adjacent to an activating group) is 1. The molecule has 3 nitrogen and oxygen atoms in total. The predicted octanol–water partition coefficient (Wildman–Crippen LogP) is 2.65.